The molecule has 1 aromatic heterocycles. The van der Waals surface area contributed by atoms with Crippen LogP contribution in [0.3, 0.4) is 0 Å². The van der Waals surface area contributed by atoms with Gasteiger partial charge in [0.15, 0.2) is 0 Å². The standard InChI is InChI=1S/C28H29N6O2S/c1-37(35,36)33-14-11-20(12-15-33)17-26-27-19-30-13-16-34(27,29)28(32-26)23-8-7-22-9-10-24(31-25(22)18-23)21-5-3-2-4-6-21/h2-10,13,16,18-20H,11-12,14-15,17,29H2,1H3/q+1. The van der Waals surface area contributed by atoms with E-state index in [0.717, 1.165) is 64.2 Å². The maximum absolute atomic E-state index is 11.9. The number of hydrogen-bond acceptors (Lipinski definition) is 6. The summed E-state index contributed by atoms with van der Waals surface area (Å²) >= 11 is 0. The number of benzene rings is 2. The van der Waals surface area contributed by atoms with Crippen molar-refractivity contribution < 1.29 is 13.0 Å². The molecule has 2 aromatic carbocycles. The highest BCUT2D eigenvalue weighted by Gasteiger charge is 2.44. The number of sulfonamides is 1. The van der Waals surface area contributed by atoms with Crippen LogP contribution in [0.25, 0.3) is 22.2 Å². The van der Waals surface area contributed by atoms with E-state index in [1.807, 2.05) is 36.5 Å². The second kappa shape index (κ2) is 9.11. The van der Waals surface area contributed by atoms with Gasteiger partial charge in [0, 0.05) is 24.0 Å². The van der Waals surface area contributed by atoms with Gasteiger partial charge in [0.1, 0.15) is 11.9 Å². The summed E-state index contributed by atoms with van der Waals surface area (Å²) in [5.74, 6) is 8.01. The highest BCUT2D eigenvalue weighted by atomic mass is 32.2. The molecule has 9 heteroatoms. The lowest BCUT2D eigenvalue weighted by atomic mass is 9.92. The zero-order valence-electron chi connectivity index (χ0n) is 20.7. The van der Waals surface area contributed by atoms with Gasteiger partial charge in [0.2, 0.25) is 15.7 Å². The largest absolute Gasteiger partial charge is 0.264 e. The van der Waals surface area contributed by atoms with Gasteiger partial charge in [-0.1, -0.05) is 42.5 Å². The molecular weight excluding hydrogens is 484 g/mol. The van der Waals surface area contributed by atoms with E-state index in [-0.39, 0.29) is 4.59 Å². The minimum Gasteiger partial charge on any atom is -0.253 e. The molecule has 1 unspecified atom stereocenters. The lowest BCUT2D eigenvalue weighted by molar-refractivity contribution is -0.750. The number of nitrogens with two attached hydrogens (primary N) is 1. The molecule has 2 N–H and O–H groups in total. The maximum Gasteiger partial charge on any atom is 0.264 e. The molecule has 0 aliphatic carbocycles. The number of aromatic nitrogens is 1. The molecule has 0 bridgehead atoms. The Morgan fingerprint density at radius 1 is 1.03 bits per heavy atom. The molecule has 188 valence electrons. The molecule has 0 saturated carbocycles. The number of allylic oxidation sites excluding steroid dienone is 2. The fraction of sp³-hybridized carbons (Fsp3) is 0.250. The first-order valence-corrected chi connectivity index (χ1v) is 14.3. The van der Waals surface area contributed by atoms with Crippen molar-refractivity contribution in [3.05, 3.63) is 90.0 Å². The van der Waals surface area contributed by atoms with Gasteiger partial charge in [0.05, 0.1) is 35.4 Å². The quantitative estimate of drug-likeness (QED) is 0.408. The Morgan fingerprint density at radius 3 is 2.54 bits per heavy atom. The molecule has 8 nitrogen and oxygen atoms in total. The number of nitrogens with zero attached hydrogens (tertiary/aromatic N) is 5. The van der Waals surface area contributed by atoms with Gasteiger partial charge in [-0.3, -0.25) is 4.99 Å². The Bertz CT molecular complexity index is 1600. The van der Waals surface area contributed by atoms with Crippen molar-refractivity contribution in [1.29, 1.82) is 0 Å². The number of fused-ring (bicyclic) bond motifs is 2. The Kier molecular flexibility index (Phi) is 5.88. The molecule has 37 heavy (non-hydrogen) atoms. The van der Waals surface area contributed by atoms with Gasteiger partial charge in [0.25, 0.3) is 5.84 Å². The first-order valence-electron chi connectivity index (χ1n) is 12.4. The first-order chi connectivity index (χ1) is 17.8. The summed E-state index contributed by atoms with van der Waals surface area (Å²) < 4.78 is 25.3. The summed E-state index contributed by atoms with van der Waals surface area (Å²) in [5.41, 5.74) is 5.54. The molecule has 3 aliphatic rings. The topological polar surface area (TPSA) is 101 Å². The van der Waals surface area contributed by atoms with E-state index in [1.54, 1.807) is 16.7 Å². The maximum atomic E-state index is 11.9. The van der Waals surface area contributed by atoms with Crippen molar-refractivity contribution in [1.82, 2.24) is 9.29 Å². The third-order valence-corrected chi connectivity index (χ3v) is 8.72. The highest BCUT2D eigenvalue weighted by Crippen LogP contribution is 2.36. The molecule has 1 saturated heterocycles. The third kappa shape index (κ3) is 4.44. The first kappa shape index (κ1) is 23.9. The third-order valence-electron chi connectivity index (χ3n) is 7.41. The summed E-state index contributed by atoms with van der Waals surface area (Å²) in [6, 6.07) is 20.4. The number of hydrogen-bond donors (Lipinski definition) is 1. The fourth-order valence-corrected chi connectivity index (χ4v) is 6.22. The molecule has 0 amide bonds. The van der Waals surface area contributed by atoms with Crippen LogP contribution in [0.5, 0.6) is 0 Å². The summed E-state index contributed by atoms with van der Waals surface area (Å²) in [5, 5.41) is 1.05. The van der Waals surface area contributed by atoms with Gasteiger partial charge < -0.3 is 0 Å². The minimum absolute atomic E-state index is 0.0368. The lowest BCUT2D eigenvalue weighted by Crippen LogP contribution is -2.53. The molecule has 3 aromatic rings. The average molecular weight is 514 g/mol. The predicted molar refractivity (Wildman–Crippen MR) is 147 cm³/mol. The van der Waals surface area contributed by atoms with Crippen molar-refractivity contribution in [2.45, 2.75) is 19.3 Å². The van der Waals surface area contributed by atoms with Gasteiger partial charge in [-0.25, -0.2) is 17.7 Å². The highest BCUT2D eigenvalue weighted by molar-refractivity contribution is 7.88. The van der Waals surface area contributed by atoms with Gasteiger partial charge in [-0.15, -0.1) is 4.59 Å². The molecule has 4 heterocycles. The molecule has 6 rings (SSSR count). The summed E-state index contributed by atoms with van der Waals surface area (Å²) in [6.07, 6.45) is 8.97. The summed E-state index contributed by atoms with van der Waals surface area (Å²) in [6.45, 7) is 1.08. The normalized spacial score (nSPS) is 22.5. The fourth-order valence-electron chi connectivity index (χ4n) is 5.35. The van der Waals surface area contributed by atoms with E-state index in [1.165, 1.54) is 6.26 Å². The number of quaternary nitrogens is 1. The van der Waals surface area contributed by atoms with Gasteiger partial charge in [-0.2, -0.15) is 10.8 Å². The minimum atomic E-state index is -3.15. The van der Waals surface area contributed by atoms with E-state index >= 15 is 0 Å². The monoisotopic (exact) mass is 513 g/mol. The number of rotatable bonds is 5. The van der Waals surface area contributed by atoms with E-state index in [4.69, 9.17) is 15.8 Å². The SMILES string of the molecule is CS(=O)(=O)N1CCC(CC2=C3C=NC=C[N+]3(N)C(c3ccc4ccc(-c5ccccc5)nc4c3)=N2)CC1. The zero-order chi connectivity index (χ0) is 25.6. The van der Waals surface area contributed by atoms with Gasteiger partial charge in [-0.05, 0) is 43.4 Å². The van der Waals surface area contributed by atoms with E-state index in [9.17, 15) is 8.42 Å². The Morgan fingerprint density at radius 2 is 1.78 bits per heavy atom. The van der Waals surface area contributed by atoms with Crippen LogP contribution in [0.15, 0.2) is 94.4 Å². The number of pyridine rings is 1. The Balaban J connectivity index is 1.32. The number of aliphatic imine (C=N–C) groups is 2. The van der Waals surface area contributed by atoms with Crippen LogP contribution in [0.2, 0.25) is 0 Å². The Labute approximate surface area is 216 Å². The summed E-state index contributed by atoms with van der Waals surface area (Å²) in [7, 11) is -3.15. The van der Waals surface area contributed by atoms with Crippen molar-refractivity contribution in [3.63, 3.8) is 0 Å². The molecular formula is C28H29N6O2S+. The van der Waals surface area contributed by atoms with E-state index in [2.05, 4.69) is 35.3 Å². The predicted octanol–water partition coefficient (Wildman–Crippen LogP) is 4.18. The smallest absolute Gasteiger partial charge is 0.253 e. The number of amidine groups is 1. The second-order valence-electron chi connectivity index (χ2n) is 9.90. The van der Waals surface area contributed by atoms with Crippen LogP contribution in [0.1, 0.15) is 24.8 Å². The molecule has 1 atom stereocenters. The second-order valence-corrected chi connectivity index (χ2v) is 11.9. The average Bonchev–Trinajstić information content (AvgIpc) is 3.20. The van der Waals surface area contributed by atoms with Crippen LogP contribution < -0.4 is 5.84 Å². The molecule has 1 fully saturated rings. The molecule has 0 spiro atoms. The summed E-state index contributed by atoms with van der Waals surface area (Å²) in [4.78, 5) is 14.3. The number of piperidine rings is 1. The van der Waals surface area contributed by atoms with E-state index < -0.39 is 10.0 Å². The van der Waals surface area contributed by atoms with Crippen LogP contribution in [-0.4, -0.2) is 53.7 Å². The van der Waals surface area contributed by atoms with E-state index in [0.29, 0.717) is 19.0 Å². The molecule has 0 radical (unpaired) electrons. The van der Waals surface area contributed by atoms with Gasteiger partial charge >= 0.3 is 0 Å². The van der Waals surface area contributed by atoms with Crippen LogP contribution in [-0.2, 0) is 10.0 Å². The van der Waals surface area contributed by atoms with Crippen molar-refractivity contribution in [2.24, 2.45) is 21.7 Å². The van der Waals surface area contributed by atoms with Crippen LogP contribution in [0.4, 0.5) is 0 Å². The van der Waals surface area contributed by atoms with Crippen molar-refractivity contribution in [3.8, 4) is 11.3 Å². The zero-order valence-corrected chi connectivity index (χ0v) is 21.5. The van der Waals surface area contributed by atoms with Crippen molar-refractivity contribution >= 4 is 33.0 Å². The van der Waals surface area contributed by atoms with Crippen LogP contribution >= 0.6 is 0 Å². The Hall–Kier alpha value is -3.50. The lowest BCUT2D eigenvalue weighted by Gasteiger charge is -2.30. The van der Waals surface area contributed by atoms with Crippen molar-refractivity contribution in [2.75, 3.05) is 19.3 Å². The molecule has 3 aliphatic heterocycles. The van der Waals surface area contributed by atoms with Crippen LogP contribution in [0, 0.1) is 5.92 Å².